The molecule has 0 saturated carbocycles. The smallest absolute Gasteiger partial charge is 0.430 e. The molecule has 0 saturated heterocycles. The van der Waals surface area contributed by atoms with Crippen LogP contribution < -0.4 is 30.2 Å². The van der Waals surface area contributed by atoms with Crippen molar-refractivity contribution in [3.8, 4) is 11.5 Å². The van der Waals surface area contributed by atoms with Crippen LogP contribution in [0.4, 0.5) is 23.7 Å². The number of thiazole rings is 1. The number of anilines is 1. The molecule has 0 bridgehead atoms. The number of hydrogen-bond acceptors (Lipinski definition) is 9. The molecule has 0 radical (unpaired) electrons. The molecule has 2 heterocycles. The van der Waals surface area contributed by atoms with Gasteiger partial charge in [-0.15, -0.1) is 0 Å². The number of rotatable bonds is 12. The largest absolute Gasteiger partial charge is 0.542 e. The number of benzene rings is 3. The lowest BCUT2D eigenvalue weighted by Gasteiger charge is -2.19. The van der Waals surface area contributed by atoms with Gasteiger partial charge in [-0.3, -0.25) is 4.79 Å². The number of carboxylic acid groups (broad SMARTS) is 1. The number of nitrogens with zero attached hydrogens (tertiary/aromatic N) is 2. The van der Waals surface area contributed by atoms with Crippen LogP contribution in [0.3, 0.4) is 0 Å². The minimum Gasteiger partial charge on any atom is -0.542 e. The maximum absolute atomic E-state index is 13.6. The Hall–Kier alpha value is -6.10. The van der Waals surface area contributed by atoms with E-state index in [0.29, 0.717) is 17.8 Å². The summed E-state index contributed by atoms with van der Waals surface area (Å²) in [5.74, 6) is -2.95. The van der Waals surface area contributed by atoms with Crippen molar-refractivity contribution < 1.29 is 56.4 Å². The Labute approximate surface area is 312 Å². The molecule has 0 aliphatic heterocycles. The highest BCUT2D eigenvalue weighted by molar-refractivity contribution is 7.16. The molecular formula is C37H38F3N5O8S. The van der Waals surface area contributed by atoms with Gasteiger partial charge in [-0.05, 0) is 80.4 Å². The van der Waals surface area contributed by atoms with Gasteiger partial charge >= 0.3 is 23.1 Å². The molecule has 3 aromatic carbocycles. The summed E-state index contributed by atoms with van der Waals surface area (Å²) in [4.78, 5) is 49.9. The highest BCUT2D eigenvalue weighted by atomic mass is 32.1. The topological polar surface area (TPSA) is 175 Å². The van der Waals surface area contributed by atoms with Gasteiger partial charge in [0.2, 0.25) is 5.91 Å². The Balaban J connectivity index is 0.000000845. The zero-order valence-corrected chi connectivity index (χ0v) is 30.4. The number of imidazole rings is 1. The maximum Gasteiger partial charge on any atom is 0.430 e. The standard InChI is InChI=1S/C35H37N5O6S.C2HF3O2/c1-22(2)46-33(43)26-9-11-27(12-10-26)37-34(44)38-31(17-24-5-13-29(41)14-6-24)32(42)36-18-28-21-39-19-23(3)47-35(39)40(28)20-25-7-15-30(45-4)16-8-25;3-2(4,5)1(6)7/h5-16,19,21-22,31H,17-18,20H2,1-4H3,(H3-,36,37,38,41,42,43,44);(H,6,7)/t31-;/m0./s1. The van der Waals surface area contributed by atoms with Gasteiger partial charge in [0.25, 0.3) is 0 Å². The van der Waals surface area contributed by atoms with Crippen molar-refractivity contribution in [2.24, 2.45) is 0 Å². The Bertz CT molecular complexity index is 2060. The number of nitrogens with one attached hydrogen (secondary N) is 3. The highest BCUT2D eigenvalue weighted by Crippen LogP contribution is 2.20. The summed E-state index contributed by atoms with van der Waals surface area (Å²) in [7, 11) is 1.63. The zero-order valence-electron chi connectivity index (χ0n) is 29.6. The number of esters is 1. The monoisotopic (exact) mass is 769 g/mol. The van der Waals surface area contributed by atoms with Crippen LogP contribution >= 0.6 is 11.3 Å². The minimum absolute atomic E-state index is 0.103. The first-order valence-electron chi connectivity index (χ1n) is 16.4. The lowest BCUT2D eigenvalue weighted by molar-refractivity contribution is -0.506. The van der Waals surface area contributed by atoms with E-state index in [1.807, 2.05) is 30.5 Å². The summed E-state index contributed by atoms with van der Waals surface area (Å²) in [6, 6.07) is 19.1. The lowest BCUT2D eigenvalue weighted by Crippen LogP contribution is -2.49. The number of alkyl halides is 3. The number of phenolic OH excluding ortho intramolecular Hbond substituents is 1. The third kappa shape index (κ3) is 11.7. The van der Waals surface area contributed by atoms with Crippen molar-refractivity contribution in [3.63, 3.8) is 0 Å². The number of ether oxygens (including phenoxy) is 2. The second kappa shape index (κ2) is 18.1. The summed E-state index contributed by atoms with van der Waals surface area (Å²) in [6.45, 7) is 6.41. The number of amides is 3. The van der Waals surface area contributed by atoms with Crippen molar-refractivity contribution in [1.29, 1.82) is 0 Å². The molecule has 54 heavy (non-hydrogen) atoms. The van der Waals surface area contributed by atoms with Crippen LogP contribution in [0.5, 0.6) is 11.5 Å². The van der Waals surface area contributed by atoms with Crippen LogP contribution in [0.15, 0.2) is 85.2 Å². The molecule has 0 aliphatic carbocycles. The van der Waals surface area contributed by atoms with Gasteiger partial charge in [0.15, 0.2) is 5.69 Å². The predicted molar refractivity (Wildman–Crippen MR) is 190 cm³/mol. The number of urea groups is 1. The van der Waals surface area contributed by atoms with Crippen LogP contribution in [-0.4, -0.2) is 59.0 Å². The van der Waals surface area contributed by atoms with Gasteiger partial charge in [0.05, 0.1) is 25.3 Å². The third-order valence-electron chi connectivity index (χ3n) is 7.55. The number of hydrogen-bond donors (Lipinski definition) is 4. The molecule has 0 fully saturated rings. The fourth-order valence-corrected chi connectivity index (χ4v) is 5.97. The Morgan fingerprint density at radius 1 is 0.944 bits per heavy atom. The number of aromatic nitrogens is 2. The molecule has 13 nitrogen and oxygen atoms in total. The number of aromatic hydroxyl groups is 1. The summed E-state index contributed by atoms with van der Waals surface area (Å²) in [5, 5.41) is 27.0. The summed E-state index contributed by atoms with van der Waals surface area (Å²) in [6.07, 6.45) is -1.21. The molecule has 2 aromatic heterocycles. The van der Waals surface area contributed by atoms with Crippen molar-refractivity contribution in [1.82, 2.24) is 15.2 Å². The number of fused-ring (bicyclic) bond motifs is 1. The van der Waals surface area contributed by atoms with E-state index in [1.54, 1.807) is 68.7 Å². The van der Waals surface area contributed by atoms with E-state index < -0.39 is 30.2 Å². The SMILES string of the molecule is COc1ccc(Cn2c(CNC(=O)[C@H](Cc3ccc(O)cc3)NC(=O)Nc3ccc(C(=O)OC(C)C)cc3)c[n+]3cc(C)sc23)cc1.O=C([O-])C(F)(F)F. The van der Waals surface area contributed by atoms with Crippen LogP contribution in [0, 0.1) is 6.92 Å². The fourth-order valence-electron chi connectivity index (χ4n) is 5.01. The molecule has 0 aliphatic rings. The Morgan fingerprint density at radius 3 is 2.13 bits per heavy atom. The van der Waals surface area contributed by atoms with E-state index in [4.69, 9.17) is 19.4 Å². The first-order valence-corrected chi connectivity index (χ1v) is 17.2. The van der Waals surface area contributed by atoms with Gasteiger partial charge in [-0.1, -0.05) is 35.6 Å². The van der Waals surface area contributed by atoms with Crippen LogP contribution in [0.1, 0.15) is 45.9 Å². The van der Waals surface area contributed by atoms with Crippen LogP contribution in [0.25, 0.3) is 4.96 Å². The number of phenols is 1. The minimum atomic E-state index is -5.19. The Kier molecular flexibility index (Phi) is 13.6. The molecule has 5 aromatic rings. The summed E-state index contributed by atoms with van der Waals surface area (Å²) in [5.41, 5.74) is 3.53. The number of carboxylic acids is 1. The van der Waals surface area contributed by atoms with E-state index in [2.05, 4.69) is 38.0 Å². The lowest BCUT2D eigenvalue weighted by atomic mass is 10.0. The first-order chi connectivity index (χ1) is 25.5. The highest BCUT2D eigenvalue weighted by Gasteiger charge is 2.29. The maximum atomic E-state index is 13.6. The molecule has 0 unspecified atom stereocenters. The number of carbonyl (C=O) groups excluding carboxylic acids is 4. The second-order valence-corrected chi connectivity index (χ2v) is 13.4. The Morgan fingerprint density at radius 2 is 1.56 bits per heavy atom. The van der Waals surface area contributed by atoms with Gasteiger partial charge < -0.3 is 40.4 Å². The van der Waals surface area contributed by atoms with Gasteiger partial charge in [0, 0.05) is 17.0 Å². The number of methoxy groups -OCH3 is 1. The van der Waals surface area contributed by atoms with Crippen LogP contribution in [-0.2, 0) is 33.8 Å². The number of aryl methyl sites for hydroxylation is 1. The van der Waals surface area contributed by atoms with Crippen molar-refractivity contribution >= 4 is 45.9 Å². The quantitative estimate of drug-likeness (QED) is 0.108. The normalized spacial score (nSPS) is 11.6. The molecule has 17 heteroatoms. The number of carbonyl (C=O) groups is 4. The van der Waals surface area contributed by atoms with E-state index in [1.165, 1.54) is 12.1 Å². The molecule has 0 spiro atoms. The molecular weight excluding hydrogens is 731 g/mol. The van der Waals surface area contributed by atoms with Gasteiger partial charge in [0.1, 0.15) is 42.4 Å². The van der Waals surface area contributed by atoms with Crippen molar-refractivity contribution in [2.75, 3.05) is 12.4 Å². The average Bonchev–Trinajstić information content (AvgIpc) is 3.63. The van der Waals surface area contributed by atoms with Gasteiger partial charge in [-0.2, -0.15) is 17.6 Å². The van der Waals surface area contributed by atoms with Crippen molar-refractivity contribution in [2.45, 2.75) is 58.6 Å². The fraction of sp³-hybridized carbons (Fsp3) is 0.270. The van der Waals surface area contributed by atoms with Crippen molar-refractivity contribution in [3.05, 3.63) is 112 Å². The predicted octanol–water partition coefficient (Wildman–Crippen LogP) is 4.27. The van der Waals surface area contributed by atoms with Gasteiger partial charge in [-0.25, -0.2) is 14.2 Å². The van der Waals surface area contributed by atoms with E-state index in [-0.39, 0.29) is 30.7 Å². The molecule has 4 N–H and O–H groups in total. The second-order valence-electron chi connectivity index (χ2n) is 12.1. The number of aliphatic carboxylic acids is 1. The average molecular weight is 770 g/mol. The van der Waals surface area contributed by atoms with E-state index >= 15 is 0 Å². The first kappa shape index (κ1) is 40.7. The molecule has 3 amide bonds. The molecule has 1 atom stereocenters. The summed E-state index contributed by atoms with van der Waals surface area (Å²) < 4.78 is 46.3. The van der Waals surface area contributed by atoms with E-state index in [0.717, 1.165) is 32.4 Å². The van der Waals surface area contributed by atoms with Crippen LogP contribution in [0.2, 0.25) is 0 Å². The number of halogens is 3. The molecule has 5 rings (SSSR count). The van der Waals surface area contributed by atoms with E-state index in [9.17, 15) is 32.7 Å². The third-order valence-corrected chi connectivity index (χ3v) is 8.60. The zero-order chi connectivity index (χ0) is 39.6. The summed E-state index contributed by atoms with van der Waals surface area (Å²) >= 11 is 1.66. The molecule has 286 valence electrons.